The van der Waals surface area contributed by atoms with E-state index >= 15 is 0 Å². The monoisotopic (exact) mass is 302 g/mol. The average molecular weight is 302 g/mol. The largest absolute Gasteiger partial charge is 0.481 e. The lowest BCUT2D eigenvalue weighted by Gasteiger charge is -2.30. The van der Waals surface area contributed by atoms with Crippen molar-refractivity contribution in [2.75, 3.05) is 18.4 Å². The van der Waals surface area contributed by atoms with Gasteiger partial charge in [0.2, 0.25) is 0 Å². The number of aromatic nitrogens is 2. The number of carboxylic acids is 1. The second-order valence-corrected chi connectivity index (χ2v) is 5.62. The van der Waals surface area contributed by atoms with Crippen molar-refractivity contribution in [2.45, 2.75) is 19.8 Å². The summed E-state index contributed by atoms with van der Waals surface area (Å²) in [6.45, 7) is 2.90. The molecule has 0 atom stereocenters. The van der Waals surface area contributed by atoms with E-state index in [4.69, 9.17) is 5.11 Å². The van der Waals surface area contributed by atoms with Gasteiger partial charge < -0.3 is 15.3 Å². The van der Waals surface area contributed by atoms with Gasteiger partial charge in [-0.2, -0.15) is 5.10 Å². The molecule has 1 aliphatic rings. The summed E-state index contributed by atoms with van der Waals surface area (Å²) in [5.74, 6) is -1.12. The Labute approximate surface area is 127 Å². The number of rotatable bonds is 2. The Morgan fingerprint density at radius 3 is 2.77 bits per heavy atom. The minimum Gasteiger partial charge on any atom is -0.481 e. The smallest absolute Gasteiger partial charge is 0.321 e. The van der Waals surface area contributed by atoms with Gasteiger partial charge in [-0.1, -0.05) is 6.07 Å². The number of urea groups is 1. The number of nitrogens with zero attached hydrogens (tertiary/aromatic N) is 2. The van der Waals surface area contributed by atoms with Crippen LogP contribution in [-0.2, 0) is 4.79 Å². The Hall–Kier alpha value is -2.57. The fourth-order valence-corrected chi connectivity index (χ4v) is 2.80. The highest BCUT2D eigenvalue weighted by Crippen LogP contribution is 2.25. The van der Waals surface area contributed by atoms with Gasteiger partial charge in [-0.3, -0.25) is 9.89 Å². The predicted octanol–water partition coefficient (Wildman–Crippen LogP) is 2.20. The summed E-state index contributed by atoms with van der Waals surface area (Å²) in [7, 11) is 0. The van der Waals surface area contributed by atoms with Crippen molar-refractivity contribution >= 4 is 28.6 Å². The number of amides is 2. The summed E-state index contributed by atoms with van der Waals surface area (Å²) in [4.78, 5) is 24.9. The van der Waals surface area contributed by atoms with Crippen LogP contribution in [-0.4, -0.2) is 45.3 Å². The maximum absolute atomic E-state index is 12.3. The van der Waals surface area contributed by atoms with E-state index in [1.165, 1.54) is 0 Å². The third-order valence-corrected chi connectivity index (χ3v) is 4.21. The van der Waals surface area contributed by atoms with E-state index in [-0.39, 0.29) is 11.9 Å². The molecule has 7 nitrogen and oxygen atoms in total. The molecule has 1 aromatic heterocycles. The highest BCUT2D eigenvalue weighted by atomic mass is 16.4. The number of benzene rings is 1. The first-order chi connectivity index (χ1) is 10.6. The highest BCUT2D eigenvalue weighted by Gasteiger charge is 2.27. The van der Waals surface area contributed by atoms with Crippen LogP contribution in [0.15, 0.2) is 18.3 Å². The van der Waals surface area contributed by atoms with E-state index in [9.17, 15) is 9.59 Å². The van der Waals surface area contributed by atoms with E-state index < -0.39 is 5.97 Å². The Morgan fingerprint density at radius 1 is 1.36 bits per heavy atom. The number of nitrogens with one attached hydrogen (secondary N) is 2. The number of carbonyl (C=O) groups is 2. The number of hydrogen-bond donors (Lipinski definition) is 3. The number of fused-ring (bicyclic) bond motifs is 1. The second-order valence-electron chi connectivity index (χ2n) is 5.62. The van der Waals surface area contributed by atoms with Crippen molar-refractivity contribution in [3.05, 3.63) is 23.9 Å². The molecule has 0 unspecified atom stereocenters. The van der Waals surface area contributed by atoms with Gasteiger partial charge in [0, 0.05) is 18.5 Å². The van der Waals surface area contributed by atoms with E-state index in [2.05, 4.69) is 15.5 Å². The molecule has 1 aromatic carbocycles. The van der Waals surface area contributed by atoms with Gasteiger partial charge in [-0.05, 0) is 31.4 Å². The molecule has 22 heavy (non-hydrogen) atoms. The molecule has 3 N–H and O–H groups in total. The molecule has 0 spiro atoms. The third kappa shape index (κ3) is 2.61. The molecule has 2 amide bonds. The maximum Gasteiger partial charge on any atom is 0.321 e. The van der Waals surface area contributed by atoms with E-state index in [0.29, 0.717) is 31.6 Å². The SMILES string of the molecule is Cc1ccc(NC(=O)N2CCC(C(=O)O)CC2)c2[nH]ncc12. The molecule has 116 valence electrons. The zero-order chi connectivity index (χ0) is 15.7. The predicted molar refractivity (Wildman–Crippen MR) is 81.8 cm³/mol. The van der Waals surface area contributed by atoms with Gasteiger partial charge in [0.25, 0.3) is 0 Å². The number of likely N-dealkylation sites (tertiary alicyclic amines) is 1. The number of anilines is 1. The Bertz CT molecular complexity index is 717. The first-order valence-corrected chi connectivity index (χ1v) is 7.27. The van der Waals surface area contributed by atoms with Crippen molar-refractivity contribution in [2.24, 2.45) is 5.92 Å². The zero-order valence-corrected chi connectivity index (χ0v) is 12.3. The molecule has 0 saturated carbocycles. The van der Waals surface area contributed by atoms with E-state index in [1.807, 2.05) is 19.1 Å². The Kier molecular flexibility index (Phi) is 3.70. The fraction of sp³-hybridized carbons (Fsp3) is 0.400. The van der Waals surface area contributed by atoms with Crippen LogP contribution in [0, 0.1) is 12.8 Å². The molecule has 2 aromatic rings. The van der Waals surface area contributed by atoms with Crippen LogP contribution in [0.4, 0.5) is 10.5 Å². The number of aryl methyl sites for hydroxylation is 1. The fourth-order valence-electron chi connectivity index (χ4n) is 2.80. The molecule has 0 bridgehead atoms. The molecule has 1 aliphatic heterocycles. The van der Waals surface area contributed by atoms with Crippen LogP contribution >= 0.6 is 0 Å². The van der Waals surface area contributed by atoms with Crippen LogP contribution in [0.25, 0.3) is 10.9 Å². The lowest BCUT2D eigenvalue weighted by atomic mass is 9.97. The summed E-state index contributed by atoms with van der Waals surface area (Å²) in [5.41, 5.74) is 2.57. The number of carboxylic acid groups (broad SMARTS) is 1. The van der Waals surface area contributed by atoms with Crippen molar-refractivity contribution in [1.82, 2.24) is 15.1 Å². The molecule has 1 fully saturated rings. The zero-order valence-electron chi connectivity index (χ0n) is 12.3. The topological polar surface area (TPSA) is 98.3 Å². The van der Waals surface area contributed by atoms with Crippen LogP contribution < -0.4 is 5.32 Å². The number of aliphatic carboxylic acids is 1. The quantitative estimate of drug-likeness (QED) is 0.792. The van der Waals surface area contributed by atoms with Gasteiger partial charge in [0.1, 0.15) is 0 Å². The van der Waals surface area contributed by atoms with Crippen LogP contribution in [0.2, 0.25) is 0 Å². The lowest BCUT2D eigenvalue weighted by molar-refractivity contribution is -0.143. The summed E-state index contributed by atoms with van der Waals surface area (Å²) in [5, 5.41) is 19.8. The number of hydrogen-bond acceptors (Lipinski definition) is 3. The third-order valence-electron chi connectivity index (χ3n) is 4.21. The molecular formula is C15H18N4O3. The van der Waals surface area contributed by atoms with Gasteiger partial charge in [0.15, 0.2) is 0 Å². The van der Waals surface area contributed by atoms with Crippen molar-refractivity contribution in [1.29, 1.82) is 0 Å². The Balaban J connectivity index is 1.70. The molecule has 0 aliphatic carbocycles. The lowest BCUT2D eigenvalue weighted by Crippen LogP contribution is -2.42. The number of piperidine rings is 1. The molecule has 1 saturated heterocycles. The Morgan fingerprint density at radius 2 is 2.09 bits per heavy atom. The maximum atomic E-state index is 12.3. The number of carbonyl (C=O) groups excluding carboxylic acids is 1. The summed E-state index contributed by atoms with van der Waals surface area (Å²) >= 11 is 0. The standard InChI is InChI=1S/C15H18N4O3/c1-9-2-3-12(13-11(9)8-16-18-13)17-15(22)19-6-4-10(5-7-19)14(20)21/h2-3,8,10H,4-7H2,1H3,(H,16,18)(H,17,22)(H,20,21). The highest BCUT2D eigenvalue weighted by molar-refractivity contribution is 6.00. The number of aromatic amines is 1. The van der Waals surface area contributed by atoms with Gasteiger partial charge in [0.05, 0.1) is 23.3 Å². The number of H-pyrrole nitrogens is 1. The summed E-state index contributed by atoms with van der Waals surface area (Å²) < 4.78 is 0. The average Bonchev–Trinajstić information content (AvgIpc) is 3.01. The van der Waals surface area contributed by atoms with Crippen molar-refractivity contribution in [3.8, 4) is 0 Å². The van der Waals surface area contributed by atoms with Gasteiger partial charge in [-0.15, -0.1) is 0 Å². The van der Waals surface area contributed by atoms with Gasteiger partial charge >= 0.3 is 12.0 Å². The van der Waals surface area contributed by atoms with Crippen molar-refractivity contribution < 1.29 is 14.7 Å². The minimum absolute atomic E-state index is 0.205. The first kappa shape index (κ1) is 14.4. The molecule has 0 radical (unpaired) electrons. The first-order valence-electron chi connectivity index (χ1n) is 7.27. The molecular weight excluding hydrogens is 284 g/mol. The van der Waals surface area contributed by atoms with Crippen molar-refractivity contribution in [3.63, 3.8) is 0 Å². The summed E-state index contributed by atoms with van der Waals surface area (Å²) in [6, 6.07) is 3.57. The molecule has 2 heterocycles. The summed E-state index contributed by atoms with van der Waals surface area (Å²) in [6.07, 6.45) is 2.73. The van der Waals surface area contributed by atoms with E-state index in [1.54, 1.807) is 11.1 Å². The normalized spacial score (nSPS) is 16.0. The van der Waals surface area contributed by atoms with Crippen LogP contribution in [0.1, 0.15) is 18.4 Å². The van der Waals surface area contributed by atoms with Gasteiger partial charge in [-0.25, -0.2) is 4.79 Å². The van der Waals surface area contributed by atoms with Crippen LogP contribution in [0.5, 0.6) is 0 Å². The van der Waals surface area contributed by atoms with Crippen LogP contribution in [0.3, 0.4) is 0 Å². The minimum atomic E-state index is -0.780. The molecule has 7 heteroatoms. The molecule has 3 rings (SSSR count). The van der Waals surface area contributed by atoms with E-state index in [0.717, 1.165) is 16.5 Å². The second kappa shape index (κ2) is 5.67.